The lowest BCUT2D eigenvalue weighted by molar-refractivity contribution is -0.144. The van der Waals surface area contributed by atoms with Crippen molar-refractivity contribution in [2.24, 2.45) is 0 Å². The van der Waals surface area contributed by atoms with Crippen LogP contribution in [-0.4, -0.2) is 28.3 Å². The van der Waals surface area contributed by atoms with Crippen LogP contribution >= 0.6 is 0 Å². The first-order chi connectivity index (χ1) is 11.2. The van der Waals surface area contributed by atoms with E-state index in [4.69, 9.17) is 4.74 Å². The number of amides is 1. The Bertz CT molecular complexity index is 612. The summed E-state index contributed by atoms with van der Waals surface area (Å²) in [6.45, 7) is 13.5. The minimum absolute atomic E-state index is 0.00742. The number of benzene rings is 1. The lowest BCUT2D eigenvalue weighted by Gasteiger charge is -2.29. The monoisotopic (exact) mass is 350 g/mol. The Morgan fingerprint density at radius 1 is 1.00 bits per heavy atom. The molecule has 140 valence electrons. The maximum absolute atomic E-state index is 12.0. The first-order valence-corrected chi connectivity index (χ1v) is 8.32. The molecule has 0 aliphatic heterocycles. The maximum Gasteiger partial charge on any atom is 0.408 e. The van der Waals surface area contributed by atoms with E-state index < -0.39 is 23.2 Å². The highest BCUT2D eigenvalue weighted by Gasteiger charge is 2.38. The third-order valence-corrected chi connectivity index (χ3v) is 3.53. The van der Waals surface area contributed by atoms with E-state index in [-0.39, 0.29) is 5.54 Å². The van der Waals surface area contributed by atoms with Crippen LogP contribution < -0.4 is 10.6 Å². The average Bonchev–Trinajstić information content (AvgIpc) is 2.42. The summed E-state index contributed by atoms with van der Waals surface area (Å²) in [4.78, 5) is 23.8. The van der Waals surface area contributed by atoms with Gasteiger partial charge in [0.1, 0.15) is 5.60 Å². The fourth-order valence-electron chi connectivity index (χ4n) is 2.08. The average molecular weight is 350 g/mol. The lowest BCUT2D eigenvalue weighted by atomic mass is 9.91. The Morgan fingerprint density at radius 3 is 1.92 bits per heavy atom. The molecule has 0 aliphatic carbocycles. The number of hydrogen-bond donors (Lipinski definition) is 3. The molecular weight excluding hydrogens is 320 g/mol. The zero-order valence-corrected chi connectivity index (χ0v) is 16.2. The molecule has 0 saturated heterocycles. The molecule has 1 aromatic carbocycles. The summed E-state index contributed by atoms with van der Waals surface area (Å²) in [5, 5.41) is 15.5. The van der Waals surface area contributed by atoms with E-state index in [0.717, 1.165) is 5.56 Å². The van der Waals surface area contributed by atoms with Crippen LogP contribution in [0.4, 0.5) is 4.79 Å². The van der Waals surface area contributed by atoms with E-state index in [1.54, 1.807) is 32.9 Å². The number of ether oxygens (including phenoxy) is 1. The van der Waals surface area contributed by atoms with E-state index in [1.807, 2.05) is 12.1 Å². The van der Waals surface area contributed by atoms with Crippen molar-refractivity contribution < 1.29 is 19.4 Å². The molecule has 0 aromatic heterocycles. The van der Waals surface area contributed by atoms with Gasteiger partial charge in [-0.15, -0.1) is 0 Å². The summed E-state index contributed by atoms with van der Waals surface area (Å²) >= 11 is 0. The van der Waals surface area contributed by atoms with Gasteiger partial charge in [0.2, 0.25) is 0 Å². The minimum Gasteiger partial charge on any atom is -0.479 e. The van der Waals surface area contributed by atoms with Crippen molar-refractivity contribution in [2.45, 2.75) is 71.7 Å². The van der Waals surface area contributed by atoms with E-state index in [1.165, 1.54) is 6.92 Å². The van der Waals surface area contributed by atoms with E-state index in [0.29, 0.717) is 12.1 Å². The van der Waals surface area contributed by atoms with Crippen LogP contribution in [0.1, 0.15) is 59.6 Å². The topological polar surface area (TPSA) is 87.7 Å². The van der Waals surface area contributed by atoms with Crippen molar-refractivity contribution in [2.75, 3.05) is 0 Å². The molecule has 0 radical (unpaired) electrons. The molecule has 0 aliphatic rings. The van der Waals surface area contributed by atoms with Gasteiger partial charge in [-0.05, 0) is 59.6 Å². The predicted molar refractivity (Wildman–Crippen MR) is 97.4 cm³/mol. The standard InChI is InChI=1S/C19H30N2O4/c1-17(2,3)20-12-13-8-10-14(11-9-13)19(7,15(22)23)21-16(24)25-18(4,5)6/h8-11,20H,12H2,1-7H3,(H,21,24)(H,22,23). The van der Waals surface area contributed by atoms with Crippen LogP contribution in [0.25, 0.3) is 0 Å². The molecule has 1 atom stereocenters. The van der Waals surface area contributed by atoms with Gasteiger partial charge in [0.25, 0.3) is 0 Å². The molecule has 3 N–H and O–H groups in total. The Hall–Kier alpha value is -2.08. The summed E-state index contributed by atoms with van der Waals surface area (Å²) in [5.74, 6) is -1.15. The molecule has 1 rings (SSSR count). The van der Waals surface area contributed by atoms with Crippen LogP contribution in [0.3, 0.4) is 0 Å². The molecule has 0 fully saturated rings. The van der Waals surface area contributed by atoms with Crippen molar-refractivity contribution in [3.05, 3.63) is 35.4 Å². The second kappa shape index (κ2) is 7.44. The molecule has 0 heterocycles. The predicted octanol–water partition coefficient (Wildman–Crippen LogP) is 3.40. The van der Waals surface area contributed by atoms with Crippen LogP contribution in [0.2, 0.25) is 0 Å². The van der Waals surface area contributed by atoms with Crippen molar-refractivity contribution in [1.29, 1.82) is 0 Å². The Labute approximate surface area is 150 Å². The molecule has 0 spiro atoms. The molecule has 1 unspecified atom stereocenters. The highest BCUT2D eigenvalue weighted by molar-refractivity contribution is 5.85. The van der Waals surface area contributed by atoms with E-state index in [9.17, 15) is 14.7 Å². The first kappa shape index (κ1) is 21.0. The smallest absolute Gasteiger partial charge is 0.408 e. The molecule has 1 amide bonds. The van der Waals surface area contributed by atoms with Gasteiger partial charge >= 0.3 is 12.1 Å². The zero-order valence-electron chi connectivity index (χ0n) is 16.2. The number of carbonyl (C=O) groups is 2. The van der Waals surface area contributed by atoms with Crippen molar-refractivity contribution >= 4 is 12.1 Å². The Morgan fingerprint density at radius 2 is 1.52 bits per heavy atom. The fourth-order valence-corrected chi connectivity index (χ4v) is 2.08. The lowest BCUT2D eigenvalue weighted by Crippen LogP contribution is -2.51. The first-order valence-electron chi connectivity index (χ1n) is 8.32. The minimum atomic E-state index is -1.57. The molecule has 0 saturated carbocycles. The van der Waals surface area contributed by atoms with Crippen LogP contribution in [0, 0.1) is 0 Å². The van der Waals surface area contributed by atoms with Crippen molar-refractivity contribution in [1.82, 2.24) is 10.6 Å². The highest BCUT2D eigenvalue weighted by atomic mass is 16.6. The summed E-state index contributed by atoms with van der Waals surface area (Å²) in [5.41, 5.74) is -0.773. The van der Waals surface area contributed by atoms with Crippen molar-refractivity contribution in [3.63, 3.8) is 0 Å². The molecule has 1 aromatic rings. The second-order valence-corrected chi connectivity index (χ2v) is 8.36. The second-order valence-electron chi connectivity index (χ2n) is 8.36. The van der Waals surface area contributed by atoms with E-state index in [2.05, 4.69) is 31.4 Å². The number of aliphatic carboxylic acids is 1. The Kier molecular flexibility index (Phi) is 6.23. The summed E-state index contributed by atoms with van der Waals surface area (Å²) < 4.78 is 5.18. The van der Waals surface area contributed by atoms with E-state index >= 15 is 0 Å². The number of alkyl carbamates (subject to hydrolysis) is 1. The number of carbonyl (C=O) groups excluding carboxylic acids is 1. The molecule has 25 heavy (non-hydrogen) atoms. The quantitative estimate of drug-likeness (QED) is 0.757. The zero-order chi connectivity index (χ0) is 19.5. The van der Waals surface area contributed by atoms with Gasteiger partial charge in [0.05, 0.1) is 0 Å². The van der Waals surface area contributed by atoms with Gasteiger partial charge in [-0.25, -0.2) is 9.59 Å². The Balaban J connectivity index is 2.95. The highest BCUT2D eigenvalue weighted by Crippen LogP contribution is 2.23. The molecule has 6 heteroatoms. The normalized spacial score (nSPS) is 14.5. The maximum atomic E-state index is 12.0. The van der Waals surface area contributed by atoms with Gasteiger partial charge in [0.15, 0.2) is 5.54 Å². The number of carboxylic acids is 1. The number of rotatable bonds is 5. The fraction of sp³-hybridized carbons (Fsp3) is 0.579. The summed E-state index contributed by atoms with van der Waals surface area (Å²) in [7, 11) is 0. The van der Waals surface area contributed by atoms with Gasteiger partial charge in [-0.2, -0.15) is 0 Å². The van der Waals surface area contributed by atoms with Gasteiger partial charge < -0.3 is 20.5 Å². The number of hydrogen-bond acceptors (Lipinski definition) is 4. The SMILES string of the molecule is CC(C)(C)NCc1ccc(C(C)(NC(=O)OC(C)(C)C)C(=O)O)cc1. The van der Waals surface area contributed by atoms with Gasteiger partial charge in [0, 0.05) is 12.1 Å². The van der Waals surface area contributed by atoms with Crippen molar-refractivity contribution in [3.8, 4) is 0 Å². The van der Waals surface area contributed by atoms with Gasteiger partial charge in [-0.3, -0.25) is 0 Å². The number of nitrogens with one attached hydrogen (secondary N) is 2. The third kappa shape index (κ3) is 6.74. The molecule has 0 bridgehead atoms. The van der Waals surface area contributed by atoms with Crippen LogP contribution in [0.5, 0.6) is 0 Å². The van der Waals surface area contributed by atoms with Crippen LogP contribution in [-0.2, 0) is 21.6 Å². The van der Waals surface area contributed by atoms with Gasteiger partial charge in [-0.1, -0.05) is 24.3 Å². The summed E-state index contributed by atoms with van der Waals surface area (Å²) in [6.07, 6.45) is -0.768. The number of carboxylic acid groups (broad SMARTS) is 1. The molecule has 6 nitrogen and oxygen atoms in total. The third-order valence-electron chi connectivity index (χ3n) is 3.53. The van der Waals surface area contributed by atoms with Crippen LogP contribution in [0.15, 0.2) is 24.3 Å². The summed E-state index contributed by atoms with van der Waals surface area (Å²) in [6, 6.07) is 7.13. The largest absolute Gasteiger partial charge is 0.479 e. The molecular formula is C19H30N2O4.